The monoisotopic (exact) mass is 342 g/mol. The molecule has 8 nitrogen and oxygen atoms in total. The second kappa shape index (κ2) is 5.38. The summed E-state index contributed by atoms with van der Waals surface area (Å²) in [5.74, 6) is -0.00886. The van der Waals surface area contributed by atoms with Crippen LogP contribution in [-0.2, 0) is 19.1 Å². The normalized spacial score (nSPS) is 23.8. The quantitative estimate of drug-likeness (QED) is 0.353. The third-order valence-electron chi connectivity index (χ3n) is 3.20. The first-order chi connectivity index (χ1) is 10.4. The first-order valence-electron chi connectivity index (χ1n) is 6.19. The molecule has 1 fully saturated rings. The molecule has 10 heteroatoms. The molecule has 2 heterocycles. The Hall–Kier alpha value is -1.91. The summed E-state index contributed by atoms with van der Waals surface area (Å²) in [6.07, 6.45) is 3.36. The second-order valence-electron chi connectivity index (χ2n) is 4.61. The summed E-state index contributed by atoms with van der Waals surface area (Å²) in [6.45, 7) is 0. The van der Waals surface area contributed by atoms with Crippen LogP contribution in [0.5, 0.6) is 0 Å². The molecule has 0 bridgehead atoms. The topological polar surface area (TPSA) is 107 Å². The summed E-state index contributed by atoms with van der Waals surface area (Å²) >= 11 is 1.22. The van der Waals surface area contributed by atoms with Gasteiger partial charge >= 0.3 is 0 Å². The van der Waals surface area contributed by atoms with Crippen molar-refractivity contribution in [3.05, 3.63) is 46.7 Å². The van der Waals surface area contributed by atoms with Gasteiger partial charge in [0.2, 0.25) is 5.91 Å². The molecule has 1 amide bonds. The van der Waals surface area contributed by atoms with E-state index >= 15 is 0 Å². The molecule has 22 heavy (non-hydrogen) atoms. The molecule has 1 aromatic carbocycles. The maximum atomic E-state index is 12.1. The fraction of sp³-hybridized carbons (Fsp3) is 0.250. The first-order valence-corrected chi connectivity index (χ1v) is 8.55. The standard InChI is InChI=1S/C12H10N2O6S2/c15-10-7-11-13(10)6-5-12(21-11)20-22(18,19)9-3-1-8(2-4-9)14(16)17/h1-6,11-12H,7H2/t11-,12?/m1/s1. The minimum Gasteiger partial charge on any atom is -0.306 e. The van der Waals surface area contributed by atoms with Gasteiger partial charge in [0.05, 0.1) is 21.6 Å². The fourth-order valence-electron chi connectivity index (χ4n) is 2.03. The number of nitro groups is 1. The van der Waals surface area contributed by atoms with Crippen LogP contribution in [0.15, 0.2) is 41.4 Å². The largest absolute Gasteiger partial charge is 0.306 e. The third-order valence-corrected chi connectivity index (χ3v) is 5.86. The lowest BCUT2D eigenvalue weighted by molar-refractivity contribution is -0.384. The Morgan fingerprint density at radius 2 is 2.00 bits per heavy atom. The maximum Gasteiger partial charge on any atom is 0.298 e. The second-order valence-corrected chi connectivity index (χ2v) is 7.46. The van der Waals surface area contributed by atoms with E-state index in [0.717, 1.165) is 24.3 Å². The molecule has 1 saturated heterocycles. The molecule has 0 spiro atoms. The molecular weight excluding hydrogens is 332 g/mol. The predicted molar refractivity (Wildman–Crippen MR) is 77.1 cm³/mol. The zero-order valence-electron chi connectivity index (χ0n) is 11.0. The Labute approximate surface area is 130 Å². The number of amides is 1. The van der Waals surface area contributed by atoms with E-state index in [1.165, 1.54) is 28.9 Å². The third kappa shape index (κ3) is 2.72. The molecular formula is C12H10N2O6S2. The minimum absolute atomic E-state index is 0.00886. The predicted octanol–water partition coefficient (Wildman–Crippen LogP) is 1.45. The van der Waals surface area contributed by atoms with Crippen molar-refractivity contribution in [2.45, 2.75) is 22.1 Å². The lowest BCUT2D eigenvalue weighted by Crippen LogP contribution is -2.49. The van der Waals surface area contributed by atoms with Crippen molar-refractivity contribution in [3.63, 3.8) is 0 Å². The minimum atomic E-state index is -4.03. The molecule has 2 aliphatic rings. The molecule has 2 atom stereocenters. The number of rotatable bonds is 4. The van der Waals surface area contributed by atoms with Crippen molar-refractivity contribution < 1.29 is 22.3 Å². The van der Waals surface area contributed by atoms with E-state index in [4.69, 9.17) is 4.18 Å². The number of nitro benzene ring substituents is 1. The highest BCUT2D eigenvalue weighted by molar-refractivity contribution is 8.01. The van der Waals surface area contributed by atoms with Crippen molar-refractivity contribution in [2.24, 2.45) is 0 Å². The van der Waals surface area contributed by atoms with Gasteiger partial charge in [0, 0.05) is 18.3 Å². The lowest BCUT2D eigenvalue weighted by atomic mass is 10.2. The summed E-state index contributed by atoms with van der Waals surface area (Å²) in [5.41, 5.74) is -0.927. The molecule has 2 aliphatic heterocycles. The van der Waals surface area contributed by atoms with Crippen molar-refractivity contribution in [3.8, 4) is 0 Å². The van der Waals surface area contributed by atoms with Gasteiger partial charge in [0.1, 0.15) is 5.44 Å². The van der Waals surface area contributed by atoms with Crippen LogP contribution in [0.1, 0.15) is 6.42 Å². The number of non-ortho nitro benzene ring substituents is 1. The van der Waals surface area contributed by atoms with Gasteiger partial charge in [-0.2, -0.15) is 8.42 Å². The molecule has 1 unspecified atom stereocenters. The average molecular weight is 342 g/mol. The van der Waals surface area contributed by atoms with Crippen LogP contribution in [0, 0.1) is 10.1 Å². The van der Waals surface area contributed by atoms with E-state index in [9.17, 15) is 23.3 Å². The van der Waals surface area contributed by atoms with E-state index in [-0.39, 0.29) is 21.9 Å². The average Bonchev–Trinajstić information content (AvgIpc) is 2.46. The number of hydrogen-bond donors (Lipinski definition) is 0. The van der Waals surface area contributed by atoms with Crippen LogP contribution in [0.2, 0.25) is 0 Å². The molecule has 0 N–H and O–H groups in total. The van der Waals surface area contributed by atoms with Gasteiger partial charge < -0.3 is 4.90 Å². The SMILES string of the molecule is O=C1C[C@H]2SC(OS(=O)(=O)c3ccc([N+](=O)[O-])cc3)C=CN12. The number of benzene rings is 1. The number of β-lactam (4-membered cyclic amide) rings is 1. The highest BCUT2D eigenvalue weighted by Gasteiger charge is 2.40. The summed E-state index contributed by atoms with van der Waals surface area (Å²) in [4.78, 5) is 22.5. The zero-order valence-corrected chi connectivity index (χ0v) is 12.6. The number of carbonyl (C=O) groups excluding carboxylic acids is 1. The molecule has 0 radical (unpaired) electrons. The first kappa shape index (κ1) is 15.0. The van der Waals surface area contributed by atoms with Gasteiger partial charge in [-0.05, 0) is 18.2 Å². The maximum absolute atomic E-state index is 12.1. The Morgan fingerprint density at radius 3 is 2.55 bits per heavy atom. The molecule has 0 saturated carbocycles. The summed E-state index contributed by atoms with van der Waals surface area (Å²) in [7, 11) is -4.03. The Bertz CT molecular complexity index is 758. The van der Waals surface area contributed by atoms with E-state index in [0.29, 0.717) is 6.42 Å². The number of thioether (sulfide) groups is 1. The van der Waals surface area contributed by atoms with Crippen molar-refractivity contribution >= 4 is 33.5 Å². The Kier molecular flexibility index (Phi) is 3.67. The number of hydrogen-bond acceptors (Lipinski definition) is 7. The zero-order chi connectivity index (χ0) is 15.9. The summed E-state index contributed by atoms with van der Waals surface area (Å²) in [5, 5.41) is 10.5. The van der Waals surface area contributed by atoms with E-state index in [1.807, 2.05) is 0 Å². The summed E-state index contributed by atoms with van der Waals surface area (Å²) < 4.78 is 29.4. The number of nitrogens with zero attached hydrogens (tertiary/aromatic N) is 2. The highest BCUT2D eigenvalue weighted by atomic mass is 32.2. The van der Waals surface area contributed by atoms with E-state index < -0.39 is 20.5 Å². The van der Waals surface area contributed by atoms with Gasteiger partial charge in [0.25, 0.3) is 15.8 Å². The molecule has 1 aromatic rings. The van der Waals surface area contributed by atoms with Crippen molar-refractivity contribution in [2.75, 3.05) is 0 Å². The van der Waals surface area contributed by atoms with E-state index in [1.54, 1.807) is 0 Å². The van der Waals surface area contributed by atoms with Gasteiger partial charge in [0.15, 0.2) is 0 Å². The van der Waals surface area contributed by atoms with Crippen molar-refractivity contribution in [1.82, 2.24) is 4.90 Å². The van der Waals surface area contributed by atoms with Crippen LogP contribution >= 0.6 is 11.8 Å². The van der Waals surface area contributed by atoms with Crippen LogP contribution < -0.4 is 0 Å². The highest BCUT2D eigenvalue weighted by Crippen LogP contribution is 2.38. The smallest absolute Gasteiger partial charge is 0.298 e. The van der Waals surface area contributed by atoms with Gasteiger partial charge in [-0.1, -0.05) is 11.8 Å². The molecule has 0 aliphatic carbocycles. The number of fused-ring (bicyclic) bond motifs is 1. The van der Waals surface area contributed by atoms with Crippen LogP contribution in [0.25, 0.3) is 0 Å². The Morgan fingerprint density at radius 1 is 1.32 bits per heavy atom. The lowest BCUT2D eigenvalue weighted by Gasteiger charge is -2.41. The van der Waals surface area contributed by atoms with Crippen LogP contribution in [0.4, 0.5) is 5.69 Å². The van der Waals surface area contributed by atoms with Crippen molar-refractivity contribution in [1.29, 1.82) is 0 Å². The van der Waals surface area contributed by atoms with Gasteiger partial charge in [-0.15, -0.1) is 0 Å². The van der Waals surface area contributed by atoms with Gasteiger partial charge in [-0.25, -0.2) is 4.18 Å². The van der Waals surface area contributed by atoms with Gasteiger partial charge in [-0.3, -0.25) is 14.9 Å². The van der Waals surface area contributed by atoms with E-state index in [2.05, 4.69) is 0 Å². The fourth-order valence-corrected chi connectivity index (χ4v) is 4.44. The van der Waals surface area contributed by atoms with Crippen LogP contribution in [-0.4, -0.2) is 35.0 Å². The molecule has 3 rings (SSSR count). The Balaban J connectivity index is 1.73. The number of carbonyl (C=O) groups is 1. The molecule has 116 valence electrons. The van der Waals surface area contributed by atoms with Crippen LogP contribution in [0.3, 0.4) is 0 Å². The summed E-state index contributed by atoms with van der Waals surface area (Å²) in [6, 6.07) is 4.46. The molecule has 0 aromatic heterocycles.